The van der Waals surface area contributed by atoms with Crippen molar-refractivity contribution in [1.29, 1.82) is 0 Å². The van der Waals surface area contributed by atoms with Crippen LogP contribution in [0.25, 0.3) is 0 Å². The van der Waals surface area contributed by atoms with E-state index in [1.807, 2.05) is 0 Å². The molecular weight excluding hydrogens is 434 g/mol. The maximum absolute atomic E-state index is 5.42. The van der Waals surface area contributed by atoms with Crippen molar-refractivity contribution in [2.24, 2.45) is 0 Å². The molecule has 1 aromatic rings. The van der Waals surface area contributed by atoms with Gasteiger partial charge in [0.05, 0.1) is 13.2 Å². The van der Waals surface area contributed by atoms with E-state index in [2.05, 4.69) is 20.0 Å². The summed E-state index contributed by atoms with van der Waals surface area (Å²) in [5.74, 6) is 2.41. The number of halogens is 1. The van der Waals surface area contributed by atoms with Crippen molar-refractivity contribution < 1.29 is 10.4 Å². The Kier molecular flexibility index (Phi) is 17.3. The lowest BCUT2D eigenvalue weighted by molar-refractivity contribution is 0.0398. The minimum atomic E-state index is 0. The van der Waals surface area contributed by atoms with E-state index in [0.29, 0.717) is 0 Å². The van der Waals surface area contributed by atoms with Crippen LogP contribution in [0.2, 0.25) is 0 Å². The van der Waals surface area contributed by atoms with E-state index >= 15 is 0 Å². The quantitative estimate of drug-likeness (QED) is 0.389. The number of rotatable bonds is 6. The average molecular weight is 488 g/mol. The Morgan fingerprint density at radius 3 is 1.62 bits per heavy atom. The highest BCUT2D eigenvalue weighted by molar-refractivity contribution is 5.85. The molecule has 0 aliphatic carbocycles. The maximum atomic E-state index is 5.42. The molecule has 13 N–H and O–H groups in total. The molecule has 3 aliphatic heterocycles. The first kappa shape index (κ1) is 32.6. The van der Waals surface area contributed by atoms with Gasteiger partial charge in [0.2, 0.25) is 17.8 Å². The van der Waals surface area contributed by atoms with E-state index < -0.39 is 0 Å². The molecule has 1 aromatic heterocycles. The number of piperidine rings is 2. The predicted octanol–water partition coefficient (Wildman–Crippen LogP) is 3.65. The van der Waals surface area contributed by atoms with Crippen LogP contribution in [0.15, 0.2) is 0 Å². The van der Waals surface area contributed by atoms with Gasteiger partial charge in [0, 0.05) is 58.1 Å². The summed E-state index contributed by atoms with van der Waals surface area (Å²) < 4.78 is 5.42. The lowest BCUT2D eigenvalue weighted by Gasteiger charge is -2.30. The monoisotopic (exact) mass is 487 g/mol. The fraction of sp³-hybridized carbons (Fsp3) is 0.842. The number of aromatic nitrogens is 3. The Morgan fingerprint density at radius 1 is 0.688 bits per heavy atom. The summed E-state index contributed by atoms with van der Waals surface area (Å²) in [4.78, 5) is 21.4. The summed E-state index contributed by atoms with van der Waals surface area (Å²) in [6, 6.07) is 0. The fourth-order valence-electron chi connectivity index (χ4n) is 4.05. The van der Waals surface area contributed by atoms with Crippen molar-refractivity contribution in [3.63, 3.8) is 0 Å². The fourth-order valence-corrected chi connectivity index (χ4v) is 4.05. The van der Waals surface area contributed by atoms with Crippen LogP contribution in [-0.4, -0.2) is 85.4 Å². The summed E-state index contributed by atoms with van der Waals surface area (Å²) in [5.41, 5.74) is 0. The number of anilines is 3. The van der Waals surface area contributed by atoms with Gasteiger partial charge in [-0.05, 0) is 38.5 Å². The van der Waals surface area contributed by atoms with Crippen molar-refractivity contribution in [3.8, 4) is 0 Å². The van der Waals surface area contributed by atoms with Gasteiger partial charge in [-0.1, -0.05) is 0 Å². The van der Waals surface area contributed by atoms with Crippen molar-refractivity contribution in [2.45, 2.75) is 38.5 Å². The van der Waals surface area contributed by atoms with Gasteiger partial charge < -0.3 is 44.5 Å². The highest BCUT2D eigenvalue weighted by Gasteiger charge is 2.20. The second kappa shape index (κ2) is 17.0. The molecule has 0 bridgehead atoms. The number of nitrogens with zero attached hydrogens (tertiary/aromatic N) is 6. The molecule has 0 atom stereocenters. The summed E-state index contributed by atoms with van der Waals surface area (Å²) in [5, 5.41) is 3.45. The Labute approximate surface area is 204 Å². The first-order valence-electron chi connectivity index (χ1n) is 10.7. The van der Waals surface area contributed by atoms with Crippen LogP contribution in [0.3, 0.4) is 0 Å². The minimum Gasteiger partial charge on any atom is -0.379 e. The molecule has 4 heterocycles. The minimum absolute atomic E-state index is 0. The lowest BCUT2D eigenvalue weighted by atomic mass is 10.1. The molecule has 3 aliphatic rings. The van der Waals surface area contributed by atoms with Gasteiger partial charge in [0.25, 0.3) is 0 Å². The van der Waals surface area contributed by atoms with Crippen LogP contribution in [0, 0.1) is 0 Å². The zero-order valence-corrected chi connectivity index (χ0v) is 20.5. The van der Waals surface area contributed by atoms with E-state index in [4.69, 9.17) is 19.7 Å². The first-order valence-corrected chi connectivity index (χ1v) is 10.7. The van der Waals surface area contributed by atoms with Gasteiger partial charge in [-0.2, -0.15) is 15.0 Å². The third-order valence-electron chi connectivity index (χ3n) is 5.70. The van der Waals surface area contributed by atoms with Crippen LogP contribution in [0.1, 0.15) is 44.2 Å². The molecule has 0 unspecified atom stereocenters. The van der Waals surface area contributed by atoms with E-state index in [1.165, 1.54) is 38.5 Å². The topological polar surface area (TPSA) is 210 Å². The van der Waals surface area contributed by atoms with Crippen molar-refractivity contribution >= 4 is 30.3 Å². The van der Waals surface area contributed by atoms with Gasteiger partial charge in [0.1, 0.15) is 0 Å². The zero-order valence-electron chi connectivity index (χ0n) is 19.6. The van der Waals surface area contributed by atoms with E-state index in [-0.39, 0.29) is 42.7 Å². The van der Waals surface area contributed by atoms with Crippen LogP contribution in [0.5, 0.6) is 0 Å². The van der Waals surface area contributed by atoms with Gasteiger partial charge >= 0.3 is 0 Å². The number of ether oxygens (including phenoxy) is 1. The van der Waals surface area contributed by atoms with Gasteiger partial charge in [-0.3, -0.25) is 4.90 Å². The maximum Gasteiger partial charge on any atom is 0.231 e. The molecule has 198 valence electrons. The highest BCUT2D eigenvalue weighted by Crippen LogP contribution is 2.22. The van der Waals surface area contributed by atoms with Crippen LogP contribution >= 0.6 is 12.4 Å². The standard InChI is InChI=1S/C19H33N7O.ClH.4H3N.4H2/c1-3-8-25(9-4-1)18-21-17(20-7-12-24-13-15-27-16-14-24)22-19(23-18)26-10-5-2-6-11-26;;;;;;;;;/h1-16H2,(H,20,21,22,23);1H;4*1H3;4*1H. The summed E-state index contributed by atoms with van der Waals surface area (Å²) >= 11 is 0. The third kappa shape index (κ3) is 9.14. The second-order valence-corrected chi connectivity index (χ2v) is 7.74. The number of morpholine rings is 1. The molecule has 0 radical (unpaired) electrons. The molecule has 13 heteroatoms. The highest BCUT2D eigenvalue weighted by atomic mass is 35.5. The zero-order chi connectivity index (χ0) is 18.3. The Balaban J connectivity index is -0.000000250. The Morgan fingerprint density at radius 2 is 1.16 bits per heavy atom. The van der Waals surface area contributed by atoms with Gasteiger partial charge in [-0.15, -0.1) is 12.4 Å². The number of hydrogen-bond acceptors (Lipinski definition) is 12. The van der Waals surface area contributed by atoms with Gasteiger partial charge in [0.15, 0.2) is 0 Å². The molecule has 3 fully saturated rings. The van der Waals surface area contributed by atoms with Crippen molar-refractivity contribution in [1.82, 2.24) is 44.5 Å². The second-order valence-electron chi connectivity index (χ2n) is 7.74. The molecular formula is C19H54ClN11O. The SMILES string of the molecule is C1CCN(c2nc(NCCN3CCOCC3)nc(N3CCCCC3)n2)CC1.Cl.N.N.N.N.[HH].[HH].[HH].[HH]. The van der Waals surface area contributed by atoms with Crippen molar-refractivity contribution in [3.05, 3.63) is 0 Å². The summed E-state index contributed by atoms with van der Waals surface area (Å²) in [6.45, 7) is 9.75. The molecule has 0 saturated carbocycles. The van der Waals surface area contributed by atoms with Crippen LogP contribution in [-0.2, 0) is 4.74 Å². The largest absolute Gasteiger partial charge is 0.379 e. The molecule has 3 saturated heterocycles. The number of hydrogen-bond donors (Lipinski definition) is 5. The predicted molar refractivity (Wildman–Crippen MR) is 143 cm³/mol. The van der Waals surface area contributed by atoms with Crippen LogP contribution < -0.4 is 39.7 Å². The average Bonchev–Trinajstić information content (AvgIpc) is 2.76. The Bertz CT molecular complexity index is 577. The molecule has 4 rings (SSSR count). The summed E-state index contributed by atoms with van der Waals surface area (Å²) in [7, 11) is 0. The van der Waals surface area contributed by atoms with Crippen LogP contribution in [0.4, 0.5) is 17.8 Å². The van der Waals surface area contributed by atoms with Gasteiger partial charge in [-0.25, -0.2) is 0 Å². The molecule has 0 aromatic carbocycles. The normalized spacial score (nSPS) is 18.6. The molecule has 32 heavy (non-hydrogen) atoms. The van der Waals surface area contributed by atoms with Crippen molar-refractivity contribution in [2.75, 3.05) is 80.7 Å². The molecule has 12 nitrogen and oxygen atoms in total. The van der Waals surface area contributed by atoms with E-state index in [9.17, 15) is 0 Å². The number of nitrogens with one attached hydrogen (secondary N) is 1. The first-order chi connectivity index (χ1) is 13.4. The summed E-state index contributed by atoms with van der Waals surface area (Å²) in [6.07, 6.45) is 7.53. The smallest absolute Gasteiger partial charge is 0.231 e. The lowest BCUT2D eigenvalue weighted by Crippen LogP contribution is -2.39. The Hall–Kier alpha value is -1.54. The molecule has 0 spiro atoms. The molecule has 0 amide bonds. The third-order valence-corrected chi connectivity index (χ3v) is 5.70. The van der Waals surface area contributed by atoms with E-state index in [0.717, 1.165) is 83.4 Å². The van der Waals surface area contributed by atoms with E-state index in [1.54, 1.807) is 0 Å².